The summed E-state index contributed by atoms with van der Waals surface area (Å²) in [5.74, 6) is 0.798. The second kappa shape index (κ2) is 8.30. The van der Waals surface area contributed by atoms with Crippen LogP contribution in [0.4, 0.5) is 5.00 Å². The highest BCUT2D eigenvalue weighted by atomic mass is 32.1. The fourth-order valence-electron chi connectivity index (χ4n) is 3.15. The molecule has 0 spiro atoms. The molecular formula is C21H29NO4S. The van der Waals surface area contributed by atoms with Gasteiger partial charge in [0.1, 0.15) is 16.5 Å². The van der Waals surface area contributed by atoms with Gasteiger partial charge in [-0.15, -0.1) is 11.3 Å². The van der Waals surface area contributed by atoms with Gasteiger partial charge in [-0.1, -0.05) is 27.7 Å². The van der Waals surface area contributed by atoms with E-state index in [0.29, 0.717) is 27.6 Å². The summed E-state index contributed by atoms with van der Waals surface area (Å²) in [6.07, 6.45) is 0.975. The number of hydrogen-bond acceptors (Lipinski definition) is 5. The first-order valence-corrected chi connectivity index (χ1v) is 10.0. The molecule has 0 aliphatic heterocycles. The van der Waals surface area contributed by atoms with Crippen molar-refractivity contribution in [3.8, 4) is 0 Å². The van der Waals surface area contributed by atoms with Gasteiger partial charge in [-0.2, -0.15) is 0 Å². The van der Waals surface area contributed by atoms with Crippen LogP contribution in [0, 0.1) is 19.3 Å². The van der Waals surface area contributed by atoms with Gasteiger partial charge in [0, 0.05) is 4.88 Å². The summed E-state index contributed by atoms with van der Waals surface area (Å²) in [5, 5.41) is 3.40. The number of hydrogen-bond donors (Lipinski definition) is 1. The average Bonchev–Trinajstić information content (AvgIpc) is 3.09. The van der Waals surface area contributed by atoms with Crippen LogP contribution in [0.15, 0.2) is 16.5 Å². The second-order valence-corrected chi connectivity index (χ2v) is 9.14. The van der Waals surface area contributed by atoms with E-state index in [0.717, 1.165) is 11.3 Å². The summed E-state index contributed by atoms with van der Waals surface area (Å²) < 4.78 is 10.6. The molecule has 1 amide bonds. The number of esters is 1. The Kier molecular flexibility index (Phi) is 6.52. The molecule has 0 aliphatic rings. The zero-order valence-electron chi connectivity index (χ0n) is 17.2. The molecule has 0 saturated carbocycles. The molecule has 5 nitrogen and oxygen atoms in total. The molecule has 0 saturated heterocycles. The Morgan fingerprint density at radius 3 is 2.41 bits per heavy atom. The molecule has 0 fully saturated rings. The van der Waals surface area contributed by atoms with Gasteiger partial charge in [-0.3, -0.25) is 4.79 Å². The Balaban J connectivity index is 2.33. The number of aryl methyl sites for hydroxylation is 2. The van der Waals surface area contributed by atoms with E-state index in [9.17, 15) is 9.59 Å². The first-order valence-electron chi connectivity index (χ1n) is 9.21. The van der Waals surface area contributed by atoms with Gasteiger partial charge in [0.15, 0.2) is 0 Å². The van der Waals surface area contributed by atoms with Crippen LogP contribution in [-0.4, -0.2) is 18.5 Å². The molecule has 0 radical (unpaired) electrons. The molecule has 0 bridgehead atoms. The number of rotatable bonds is 6. The van der Waals surface area contributed by atoms with Crippen molar-refractivity contribution in [3.05, 3.63) is 39.7 Å². The lowest BCUT2D eigenvalue weighted by Crippen LogP contribution is -2.14. The summed E-state index contributed by atoms with van der Waals surface area (Å²) in [4.78, 5) is 26.1. The molecule has 6 heteroatoms. The highest BCUT2D eigenvalue weighted by Crippen LogP contribution is 2.39. The summed E-state index contributed by atoms with van der Waals surface area (Å²) in [5.41, 5.74) is 1.05. The zero-order chi connectivity index (χ0) is 20.4. The van der Waals surface area contributed by atoms with E-state index in [-0.39, 0.29) is 23.8 Å². The maximum atomic E-state index is 12.7. The average molecular weight is 392 g/mol. The highest BCUT2D eigenvalue weighted by molar-refractivity contribution is 7.16. The molecule has 2 aromatic heterocycles. The number of amides is 1. The van der Waals surface area contributed by atoms with Gasteiger partial charge in [0.2, 0.25) is 0 Å². The number of furan rings is 1. The van der Waals surface area contributed by atoms with Gasteiger partial charge in [-0.05, 0) is 50.7 Å². The van der Waals surface area contributed by atoms with E-state index in [1.165, 1.54) is 11.3 Å². The number of carbonyl (C=O) groups is 2. The predicted octanol–water partition coefficient (Wildman–Crippen LogP) is 5.93. The van der Waals surface area contributed by atoms with Gasteiger partial charge in [-0.25, -0.2) is 4.79 Å². The molecule has 0 unspecified atom stereocenters. The lowest BCUT2D eigenvalue weighted by atomic mass is 9.85. The van der Waals surface area contributed by atoms with Crippen LogP contribution >= 0.6 is 11.3 Å². The standard InChI is InChI=1S/C21H29NO4S/c1-8-25-20(24)16-10-17(12(2)11-21(5,6)7)27-19(16)22-18(23)15-9-13(3)26-14(15)4/h9-10,12H,8,11H2,1-7H3,(H,22,23)/t12-/m1/s1. The Morgan fingerprint density at radius 1 is 1.22 bits per heavy atom. The van der Waals surface area contributed by atoms with E-state index in [2.05, 4.69) is 33.0 Å². The molecule has 0 aromatic carbocycles. The Morgan fingerprint density at radius 2 is 1.89 bits per heavy atom. The first kappa shape index (κ1) is 21.2. The minimum absolute atomic E-state index is 0.169. The maximum Gasteiger partial charge on any atom is 0.341 e. The van der Waals surface area contributed by atoms with Crippen LogP contribution in [0.25, 0.3) is 0 Å². The maximum absolute atomic E-state index is 12.7. The zero-order valence-corrected chi connectivity index (χ0v) is 18.0. The number of nitrogens with one attached hydrogen (secondary N) is 1. The summed E-state index contributed by atoms with van der Waals surface area (Å²) in [7, 11) is 0. The van der Waals surface area contributed by atoms with E-state index in [1.54, 1.807) is 26.8 Å². The SMILES string of the molecule is CCOC(=O)c1cc([C@H](C)CC(C)(C)C)sc1NC(=O)c1cc(C)oc1C. The fraction of sp³-hybridized carbons (Fsp3) is 0.524. The Hall–Kier alpha value is -2.08. The largest absolute Gasteiger partial charge is 0.466 e. The minimum atomic E-state index is -0.418. The van der Waals surface area contributed by atoms with E-state index in [1.807, 2.05) is 6.07 Å². The van der Waals surface area contributed by atoms with Gasteiger partial charge in [0.25, 0.3) is 5.91 Å². The van der Waals surface area contributed by atoms with Crippen LogP contribution in [0.2, 0.25) is 0 Å². The summed E-state index contributed by atoms with van der Waals surface area (Å²) in [6.45, 7) is 14.3. The summed E-state index contributed by atoms with van der Waals surface area (Å²) in [6, 6.07) is 3.55. The van der Waals surface area contributed by atoms with Crippen LogP contribution in [0.3, 0.4) is 0 Å². The second-order valence-electron chi connectivity index (χ2n) is 8.06. The molecule has 148 valence electrons. The fourth-order valence-corrected chi connectivity index (χ4v) is 4.25. The molecule has 0 aliphatic carbocycles. The van der Waals surface area contributed by atoms with Crippen LogP contribution in [0.1, 0.15) is 84.1 Å². The third-order valence-corrected chi connectivity index (χ3v) is 5.45. The molecule has 27 heavy (non-hydrogen) atoms. The summed E-state index contributed by atoms with van der Waals surface area (Å²) >= 11 is 1.43. The topological polar surface area (TPSA) is 68.5 Å². The third kappa shape index (κ3) is 5.45. The van der Waals surface area contributed by atoms with Crippen molar-refractivity contribution in [2.24, 2.45) is 5.41 Å². The van der Waals surface area contributed by atoms with Crippen molar-refractivity contribution in [3.63, 3.8) is 0 Å². The van der Waals surface area contributed by atoms with Crippen molar-refractivity contribution in [2.45, 2.75) is 60.8 Å². The van der Waals surface area contributed by atoms with Crippen LogP contribution in [0.5, 0.6) is 0 Å². The van der Waals surface area contributed by atoms with Gasteiger partial charge < -0.3 is 14.5 Å². The minimum Gasteiger partial charge on any atom is -0.466 e. The van der Waals surface area contributed by atoms with Gasteiger partial charge >= 0.3 is 5.97 Å². The van der Waals surface area contributed by atoms with Crippen LogP contribution in [-0.2, 0) is 4.74 Å². The van der Waals surface area contributed by atoms with Crippen LogP contribution < -0.4 is 5.32 Å². The molecule has 2 heterocycles. The van der Waals surface area contributed by atoms with Gasteiger partial charge in [0.05, 0.1) is 17.7 Å². The molecule has 2 rings (SSSR count). The lowest BCUT2D eigenvalue weighted by Gasteiger charge is -2.22. The highest BCUT2D eigenvalue weighted by Gasteiger charge is 2.25. The number of anilines is 1. The van der Waals surface area contributed by atoms with Crippen molar-refractivity contribution in [2.75, 3.05) is 11.9 Å². The van der Waals surface area contributed by atoms with E-state index < -0.39 is 5.97 Å². The monoisotopic (exact) mass is 391 g/mol. The quantitative estimate of drug-likeness (QED) is 0.620. The lowest BCUT2D eigenvalue weighted by molar-refractivity contribution is 0.0528. The number of carbonyl (C=O) groups excluding carboxylic acids is 2. The molecule has 1 N–H and O–H groups in total. The van der Waals surface area contributed by atoms with E-state index in [4.69, 9.17) is 9.15 Å². The van der Waals surface area contributed by atoms with E-state index >= 15 is 0 Å². The Bertz CT molecular complexity index is 826. The van der Waals surface area contributed by atoms with Crippen molar-refractivity contribution >= 4 is 28.2 Å². The smallest absolute Gasteiger partial charge is 0.341 e. The first-order chi connectivity index (χ1) is 12.5. The molecule has 2 aromatic rings. The van der Waals surface area contributed by atoms with Crippen molar-refractivity contribution in [1.82, 2.24) is 0 Å². The van der Waals surface area contributed by atoms with Crippen molar-refractivity contribution < 1.29 is 18.7 Å². The number of thiophene rings is 1. The molecule has 1 atom stereocenters. The Labute approximate surface area is 165 Å². The third-order valence-electron chi connectivity index (χ3n) is 4.16. The normalized spacial score (nSPS) is 12.7. The predicted molar refractivity (Wildman–Crippen MR) is 109 cm³/mol. The molecular weight excluding hydrogens is 362 g/mol. The number of ether oxygens (including phenoxy) is 1. The van der Waals surface area contributed by atoms with Crippen molar-refractivity contribution in [1.29, 1.82) is 0 Å².